The van der Waals surface area contributed by atoms with Crippen molar-refractivity contribution in [3.63, 3.8) is 0 Å². The maximum atomic E-state index is 14.0. The van der Waals surface area contributed by atoms with Crippen LogP contribution in [-0.2, 0) is 11.2 Å². The summed E-state index contributed by atoms with van der Waals surface area (Å²) in [6.07, 6.45) is 0.222. The number of hydrogen-bond acceptors (Lipinski definition) is 5. The van der Waals surface area contributed by atoms with Gasteiger partial charge in [-0.2, -0.15) is 0 Å². The highest BCUT2D eigenvalue weighted by molar-refractivity contribution is 6.00. The van der Waals surface area contributed by atoms with Crippen molar-refractivity contribution in [2.24, 2.45) is 0 Å². The minimum Gasteiger partial charge on any atom is -0.391 e. The summed E-state index contributed by atoms with van der Waals surface area (Å²) in [6.45, 7) is 6.69. The van der Waals surface area contributed by atoms with Gasteiger partial charge in [0.15, 0.2) is 0 Å². The maximum Gasteiger partial charge on any atom is 0.254 e. The quantitative estimate of drug-likeness (QED) is 0.211. The summed E-state index contributed by atoms with van der Waals surface area (Å²) >= 11 is 0. The van der Waals surface area contributed by atoms with Crippen molar-refractivity contribution >= 4 is 23.6 Å². The molecule has 0 radical (unpaired) electrons. The summed E-state index contributed by atoms with van der Waals surface area (Å²) in [7, 11) is 1.50. The van der Waals surface area contributed by atoms with E-state index in [0.717, 1.165) is 31.0 Å². The van der Waals surface area contributed by atoms with Crippen LogP contribution in [-0.4, -0.2) is 83.9 Å². The number of nitrogens with zero attached hydrogens (tertiary/aromatic N) is 2. The van der Waals surface area contributed by atoms with Gasteiger partial charge >= 0.3 is 0 Å². The molecule has 3 rings (SSSR count). The molecule has 3 aromatic rings. The van der Waals surface area contributed by atoms with E-state index in [4.69, 9.17) is 0 Å². The summed E-state index contributed by atoms with van der Waals surface area (Å²) in [5, 5.41) is 16.6. The second kappa shape index (κ2) is 17.9. The van der Waals surface area contributed by atoms with Gasteiger partial charge in [0.25, 0.3) is 17.7 Å². The molecule has 2 atom stereocenters. The van der Waals surface area contributed by atoms with Crippen LogP contribution < -0.4 is 10.6 Å². The predicted molar refractivity (Wildman–Crippen MR) is 176 cm³/mol. The van der Waals surface area contributed by atoms with Crippen molar-refractivity contribution < 1.29 is 33.1 Å². The molecule has 4 amide bonds. The number of halogens is 2. The summed E-state index contributed by atoms with van der Waals surface area (Å²) < 4.78 is 28.0. The molecule has 252 valence electrons. The highest BCUT2D eigenvalue weighted by atomic mass is 19.1. The minimum absolute atomic E-state index is 0.00500. The van der Waals surface area contributed by atoms with Gasteiger partial charge in [0, 0.05) is 49.4 Å². The lowest BCUT2D eigenvalue weighted by atomic mass is 9.97. The van der Waals surface area contributed by atoms with Crippen LogP contribution in [0.1, 0.15) is 75.3 Å². The lowest BCUT2D eigenvalue weighted by Gasteiger charge is -2.25. The zero-order valence-electron chi connectivity index (χ0n) is 27.4. The number of aliphatic hydroxyl groups excluding tert-OH is 1. The van der Waals surface area contributed by atoms with E-state index in [9.17, 15) is 33.1 Å². The minimum atomic E-state index is -1.23. The molecule has 0 unspecified atom stereocenters. The van der Waals surface area contributed by atoms with Gasteiger partial charge in [-0.3, -0.25) is 19.2 Å². The highest BCUT2D eigenvalue weighted by Crippen LogP contribution is 2.17. The van der Waals surface area contributed by atoms with Crippen molar-refractivity contribution in [1.29, 1.82) is 0 Å². The van der Waals surface area contributed by atoms with Gasteiger partial charge in [-0.1, -0.05) is 32.0 Å². The molecule has 47 heavy (non-hydrogen) atoms. The molecule has 9 nitrogen and oxygen atoms in total. The molecular weight excluding hydrogens is 606 g/mol. The maximum absolute atomic E-state index is 14.0. The number of likely N-dealkylation sites (N-methyl/N-ethyl adjacent to an activating group) is 1. The van der Waals surface area contributed by atoms with E-state index >= 15 is 0 Å². The Bertz CT molecular complexity index is 1510. The lowest BCUT2D eigenvalue weighted by Crippen LogP contribution is -2.46. The molecular formula is C36H44F2N4O5. The highest BCUT2D eigenvalue weighted by Gasteiger charge is 2.25. The number of aryl methyl sites for hydroxylation is 1. The summed E-state index contributed by atoms with van der Waals surface area (Å²) in [6, 6.07) is 15.3. The zero-order valence-corrected chi connectivity index (χ0v) is 27.4. The van der Waals surface area contributed by atoms with Crippen LogP contribution >= 0.6 is 0 Å². The number of carbonyl (C=O) groups is 4. The third-order valence-corrected chi connectivity index (χ3v) is 7.53. The molecule has 3 N–H and O–H groups in total. The Morgan fingerprint density at radius 2 is 1.45 bits per heavy atom. The van der Waals surface area contributed by atoms with Gasteiger partial charge in [-0.25, -0.2) is 8.78 Å². The second-order valence-electron chi connectivity index (χ2n) is 11.7. The molecule has 0 spiro atoms. The van der Waals surface area contributed by atoms with Crippen molar-refractivity contribution in [3.05, 3.63) is 106 Å². The molecule has 0 aromatic heterocycles. The van der Waals surface area contributed by atoms with E-state index < -0.39 is 35.6 Å². The van der Waals surface area contributed by atoms with Crippen LogP contribution in [0.15, 0.2) is 66.7 Å². The van der Waals surface area contributed by atoms with E-state index in [1.54, 1.807) is 54.3 Å². The van der Waals surface area contributed by atoms with Crippen LogP contribution in [0.25, 0.3) is 0 Å². The van der Waals surface area contributed by atoms with Gasteiger partial charge in [-0.15, -0.1) is 0 Å². The van der Waals surface area contributed by atoms with Crippen molar-refractivity contribution in [2.45, 2.75) is 58.6 Å². The van der Waals surface area contributed by atoms with Crippen LogP contribution in [0.3, 0.4) is 0 Å². The molecule has 0 bridgehead atoms. The van der Waals surface area contributed by atoms with Crippen LogP contribution in [0.5, 0.6) is 0 Å². The predicted octanol–water partition coefficient (Wildman–Crippen LogP) is 4.52. The van der Waals surface area contributed by atoms with Crippen LogP contribution in [0.2, 0.25) is 0 Å². The Labute approximate surface area is 275 Å². The largest absolute Gasteiger partial charge is 0.391 e. The molecule has 0 heterocycles. The smallest absolute Gasteiger partial charge is 0.254 e. The topological polar surface area (TPSA) is 119 Å². The molecule has 3 aromatic carbocycles. The summed E-state index contributed by atoms with van der Waals surface area (Å²) in [5.74, 6) is -3.14. The monoisotopic (exact) mass is 650 g/mol. The number of carbonyl (C=O) groups excluding carboxylic acids is 4. The van der Waals surface area contributed by atoms with Gasteiger partial charge in [0.2, 0.25) is 5.91 Å². The van der Waals surface area contributed by atoms with E-state index in [1.165, 1.54) is 18.0 Å². The fourth-order valence-corrected chi connectivity index (χ4v) is 5.30. The summed E-state index contributed by atoms with van der Waals surface area (Å²) in [5.41, 5.74) is 1.90. The molecule has 0 fully saturated rings. The molecule has 0 saturated heterocycles. The average molecular weight is 651 g/mol. The zero-order chi connectivity index (χ0) is 34.5. The lowest BCUT2D eigenvalue weighted by molar-refractivity contribution is -0.121. The van der Waals surface area contributed by atoms with E-state index in [-0.39, 0.29) is 48.9 Å². The average Bonchev–Trinajstić information content (AvgIpc) is 3.03. The van der Waals surface area contributed by atoms with E-state index in [0.29, 0.717) is 29.8 Å². The molecule has 0 aliphatic heterocycles. The van der Waals surface area contributed by atoms with Gasteiger partial charge in [-0.05, 0) is 86.2 Å². The number of rotatable bonds is 16. The Balaban J connectivity index is 1.72. The number of amides is 4. The van der Waals surface area contributed by atoms with Gasteiger partial charge in [0.1, 0.15) is 11.6 Å². The van der Waals surface area contributed by atoms with Gasteiger partial charge < -0.3 is 25.5 Å². The van der Waals surface area contributed by atoms with Crippen molar-refractivity contribution in [2.75, 3.05) is 33.2 Å². The van der Waals surface area contributed by atoms with Crippen LogP contribution in [0.4, 0.5) is 8.78 Å². The molecule has 0 aliphatic carbocycles. The number of hydrogen-bond donors (Lipinski definition) is 3. The Kier molecular flexibility index (Phi) is 14.0. The molecule has 0 saturated carbocycles. The number of aliphatic hydroxyl groups is 1. The first kappa shape index (κ1) is 36.8. The fourth-order valence-electron chi connectivity index (χ4n) is 5.30. The SMILES string of the molecule is CCCN(CCC)C(=O)c1cc(C)cc(C(=O)N[C@@H](Cc2cc(F)cc(F)c2)[C@H](O)CCNC(=O)CN(C)C(=O)c2ccccc2)c1. The Hall–Kier alpha value is -4.64. The second-order valence-corrected chi connectivity index (χ2v) is 11.7. The third-order valence-electron chi connectivity index (χ3n) is 7.53. The molecule has 11 heteroatoms. The van der Waals surface area contributed by atoms with Crippen LogP contribution in [0, 0.1) is 18.6 Å². The number of nitrogens with one attached hydrogen (secondary N) is 2. The molecule has 0 aliphatic rings. The van der Waals surface area contributed by atoms with E-state index in [2.05, 4.69) is 10.6 Å². The fraction of sp³-hybridized carbons (Fsp3) is 0.389. The van der Waals surface area contributed by atoms with E-state index in [1.807, 2.05) is 13.8 Å². The van der Waals surface area contributed by atoms with Crippen molar-refractivity contribution in [3.8, 4) is 0 Å². The standard InChI is InChI=1S/C36H44F2N4O5/c1-5-14-42(15-6-2)36(47)28-17-24(3)16-27(21-28)34(45)40-31(20-25-18-29(37)22-30(38)19-25)32(43)12-13-39-33(44)23-41(4)35(46)26-10-8-7-9-11-26/h7-11,16-19,21-22,31-32,43H,5-6,12-15,20,23H2,1-4H3,(H,39,44)(H,40,45)/t31-,32+/m0/s1. The Morgan fingerprint density at radius 3 is 2.06 bits per heavy atom. The first-order chi connectivity index (χ1) is 22.4. The number of benzene rings is 3. The summed E-state index contributed by atoms with van der Waals surface area (Å²) in [4.78, 5) is 54.9. The van der Waals surface area contributed by atoms with Gasteiger partial charge in [0.05, 0.1) is 18.7 Å². The first-order valence-corrected chi connectivity index (χ1v) is 15.8. The Morgan fingerprint density at radius 1 is 0.830 bits per heavy atom. The van der Waals surface area contributed by atoms with Crippen molar-refractivity contribution in [1.82, 2.24) is 20.4 Å². The first-order valence-electron chi connectivity index (χ1n) is 15.8. The third kappa shape index (κ3) is 11.3. The normalized spacial score (nSPS) is 12.1.